The number of aryl methyl sites for hydroxylation is 1. The van der Waals surface area contributed by atoms with E-state index in [4.69, 9.17) is 4.74 Å². The van der Waals surface area contributed by atoms with Gasteiger partial charge in [0, 0.05) is 18.3 Å². The molecule has 2 aromatic heterocycles. The van der Waals surface area contributed by atoms with Gasteiger partial charge in [-0.15, -0.1) is 0 Å². The van der Waals surface area contributed by atoms with Crippen molar-refractivity contribution >= 4 is 5.78 Å². The first-order valence-corrected chi connectivity index (χ1v) is 6.27. The molecule has 0 radical (unpaired) electrons. The van der Waals surface area contributed by atoms with Crippen LogP contribution in [0.15, 0.2) is 12.4 Å². The molecule has 0 atom stereocenters. The predicted molar refractivity (Wildman–Crippen MR) is 68.8 cm³/mol. The van der Waals surface area contributed by atoms with E-state index in [0.717, 1.165) is 25.3 Å². The second-order valence-electron chi connectivity index (χ2n) is 4.08. The Morgan fingerprint density at radius 1 is 1.33 bits per heavy atom. The van der Waals surface area contributed by atoms with Gasteiger partial charge in [-0.2, -0.15) is 14.6 Å². The molecule has 0 fully saturated rings. The minimum atomic E-state index is 0.577. The highest BCUT2D eigenvalue weighted by Crippen LogP contribution is 2.12. The maximum atomic E-state index is 5.77. The topological polar surface area (TPSA) is 55.5 Å². The van der Waals surface area contributed by atoms with Gasteiger partial charge in [-0.1, -0.05) is 13.8 Å². The first-order valence-electron chi connectivity index (χ1n) is 6.27. The van der Waals surface area contributed by atoms with Gasteiger partial charge in [0.25, 0.3) is 5.78 Å². The molecule has 0 aliphatic heterocycles. The molecule has 98 valence electrons. The lowest BCUT2D eigenvalue weighted by atomic mass is 10.4. The quantitative estimate of drug-likeness (QED) is 0.768. The van der Waals surface area contributed by atoms with E-state index in [2.05, 4.69) is 33.8 Å². The largest absolute Gasteiger partial charge is 0.476 e. The van der Waals surface area contributed by atoms with Crippen LogP contribution in [0.4, 0.5) is 0 Å². The SMILES string of the molecule is CCN(CC)CCOc1cc(C)nc2ncnn12. The molecule has 0 saturated carbocycles. The lowest BCUT2D eigenvalue weighted by Gasteiger charge is -2.18. The zero-order chi connectivity index (χ0) is 13.0. The Hall–Kier alpha value is -1.69. The molecule has 0 spiro atoms. The summed E-state index contributed by atoms with van der Waals surface area (Å²) in [5.41, 5.74) is 0.883. The lowest BCUT2D eigenvalue weighted by Crippen LogP contribution is -2.28. The molecule has 0 amide bonds. The molecule has 0 aromatic carbocycles. The third-order valence-electron chi connectivity index (χ3n) is 2.90. The van der Waals surface area contributed by atoms with E-state index in [-0.39, 0.29) is 0 Å². The Balaban J connectivity index is 2.05. The molecule has 2 rings (SSSR count). The molecule has 2 aromatic rings. The number of aromatic nitrogens is 4. The Morgan fingerprint density at radius 2 is 2.11 bits per heavy atom. The van der Waals surface area contributed by atoms with Crippen molar-refractivity contribution in [2.24, 2.45) is 0 Å². The van der Waals surface area contributed by atoms with Crippen molar-refractivity contribution in [3.05, 3.63) is 18.1 Å². The average Bonchev–Trinajstić information content (AvgIpc) is 2.82. The molecule has 6 heteroatoms. The van der Waals surface area contributed by atoms with Crippen LogP contribution in [-0.4, -0.2) is 50.7 Å². The van der Waals surface area contributed by atoms with Crippen LogP contribution in [0.1, 0.15) is 19.5 Å². The van der Waals surface area contributed by atoms with E-state index >= 15 is 0 Å². The van der Waals surface area contributed by atoms with E-state index in [1.807, 2.05) is 13.0 Å². The van der Waals surface area contributed by atoms with Crippen molar-refractivity contribution in [2.45, 2.75) is 20.8 Å². The fourth-order valence-electron chi connectivity index (χ4n) is 1.82. The van der Waals surface area contributed by atoms with E-state index in [1.54, 1.807) is 4.52 Å². The summed E-state index contributed by atoms with van der Waals surface area (Å²) in [6.45, 7) is 9.84. The van der Waals surface area contributed by atoms with Gasteiger partial charge in [0.1, 0.15) is 12.9 Å². The summed E-state index contributed by atoms with van der Waals surface area (Å²) in [6.07, 6.45) is 1.49. The van der Waals surface area contributed by atoms with Crippen molar-refractivity contribution in [1.29, 1.82) is 0 Å². The summed E-state index contributed by atoms with van der Waals surface area (Å²) < 4.78 is 7.39. The van der Waals surface area contributed by atoms with Gasteiger partial charge in [-0.25, -0.2) is 4.98 Å². The van der Waals surface area contributed by atoms with Crippen LogP contribution in [0, 0.1) is 6.92 Å². The van der Waals surface area contributed by atoms with Crippen molar-refractivity contribution < 1.29 is 4.74 Å². The number of rotatable bonds is 6. The fraction of sp³-hybridized carbons (Fsp3) is 0.583. The number of fused-ring (bicyclic) bond motifs is 1. The van der Waals surface area contributed by atoms with Gasteiger partial charge in [0.05, 0.1) is 0 Å². The Labute approximate surface area is 107 Å². The minimum absolute atomic E-state index is 0.577. The second kappa shape index (κ2) is 5.77. The van der Waals surface area contributed by atoms with Crippen molar-refractivity contribution in [3.8, 4) is 5.88 Å². The molecule has 0 N–H and O–H groups in total. The number of ether oxygens (including phenoxy) is 1. The first kappa shape index (κ1) is 12.8. The zero-order valence-electron chi connectivity index (χ0n) is 11.1. The zero-order valence-corrected chi connectivity index (χ0v) is 11.1. The Kier molecular flexibility index (Phi) is 4.09. The monoisotopic (exact) mass is 249 g/mol. The summed E-state index contributed by atoms with van der Waals surface area (Å²) in [6, 6.07) is 1.88. The van der Waals surface area contributed by atoms with Crippen LogP contribution in [0.2, 0.25) is 0 Å². The van der Waals surface area contributed by atoms with E-state index in [0.29, 0.717) is 18.3 Å². The molecule has 18 heavy (non-hydrogen) atoms. The highest BCUT2D eigenvalue weighted by molar-refractivity contribution is 5.32. The van der Waals surface area contributed by atoms with Crippen LogP contribution in [0.25, 0.3) is 5.78 Å². The second-order valence-corrected chi connectivity index (χ2v) is 4.08. The third-order valence-corrected chi connectivity index (χ3v) is 2.90. The number of likely N-dealkylation sites (N-methyl/N-ethyl adjacent to an activating group) is 1. The first-order chi connectivity index (χ1) is 8.74. The smallest absolute Gasteiger partial charge is 0.255 e. The minimum Gasteiger partial charge on any atom is -0.476 e. The molecule has 0 saturated heterocycles. The number of hydrogen-bond donors (Lipinski definition) is 0. The number of nitrogens with zero attached hydrogens (tertiary/aromatic N) is 5. The van der Waals surface area contributed by atoms with E-state index in [1.165, 1.54) is 6.33 Å². The normalized spacial score (nSPS) is 11.3. The fourth-order valence-corrected chi connectivity index (χ4v) is 1.82. The highest BCUT2D eigenvalue weighted by Gasteiger charge is 2.07. The molecule has 2 heterocycles. The van der Waals surface area contributed by atoms with E-state index in [9.17, 15) is 0 Å². The van der Waals surface area contributed by atoms with Gasteiger partial charge >= 0.3 is 0 Å². The maximum Gasteiger partial charge on any atom is 0.255 e. The third kappa shape index (κ3) is 2.76. The van der Waals surface area contributed by atoms with Crippen LogP contribution < -0.4 is 4.74 Å². The Morgan fingerprint density at radius 3 is 2.83 bits per heavy atom. The molecular formula is C12H19N5O. The van der Waals surface area contributed by atoms with Crippen LogP contribution >= 0.6 is 0 Å². The van der Waals surface area contributed by atoms with Crippen LogP contribution in [0.5, 0.6) is 5.88 Å². The molecule has 0 bridgehead atoms. The van der Waals surface area contributed by atoms with Gasteiger partial charge in [0.2, 0.25) is 5.88 Å². The Bertz CT molecular complexity index is 506. The molecule has 6 nitrogen and oxygen atoms in total. The van der Waals surface area contributed by atoms with Gasteiger partial charge < -0.3 is 9.64 Å². The van der Waals surface area contributed by atoms with Crippen molar-refractivity contribution in [3.63, 3.8) is 0 Å². The highest BCUT2D eigenvalue weighted by atomic mass is 16.5. The number of hydrogen-bond acceptors (Lipinski definition) is 5. The van der Waals surface area contributed by atoms with Crippen LogP contribution in [-0.2, 0) is 0 Å². The van der Waals surface area contributed by atoms with Gasteiger partial charge in [0.15, 0.2) is 0 Å². The summed E-state index contributed by atoms with van der Waals surface area (Å²) >= 11 is 0. The molecular weight excluding hydrogens is 230 g/mol. The summed E-state index contributed by atoms with van der Waals surface area (Å²) in [5, 5.41) is 4.10. The predicted octanol–water partition coefficient (Wildman–Crippen LogP) is 1.15. The average molecular weight is 249 g/mol. The van der Waals surface area contributed by atoms with Gasteiger partial charge in [-0.3, -0.25) is 0 Å². The summed E-state index contributed by atoms with van der Waals surface area (Å²) in [5.74, 6) is 1.27. The summed E-state index contributed by atoms with van der Waals surface area (Å²) in [7, 11) is 0. The van der Waals surface area contributed by atoms with Gasteiger partial charge in [-0.05, 0) is 20.0 Å². The summed E-state index contributed by atoms with van der Waals surface area (Å²) in [4.78, 5) is 10.6. The van der Waals surface area contributed by atoms with Crippen molar-refractivity contribution in [1.82, 2.24) is 24.5 Å². The maximum absolute atomic E-state index is 5.77. The molecule has 0 unspecified atom stereocenters. The lowest BCUT2D eigenvalue weighted by molar-refractivity contribution is 0.214. The van der Waals surface area contributed by atoms with Crippen molar-refractivity contribution in [2.75, 3.05) is 26.2 Å². The molecule has 0 aliphatic carbocycles. The van der Waals surface area contributed by atoms with Crippen LogP contribution in [0.3, 0.4) is 0 Å². The standard InChI is InChI=1S/C12H19N5O/c1-4-16(5-2)6-7-18-11-8-10(3)15-12-13-9-14-17(11)12/h8-9H,4-7H2,1-3H3. The van der Waals surface area contributed by atoms with E-state index < -0.39 is 0 Å². The molecule has 0 aliphatic rings.